The average Bonchev–Trinajstić information content (AvgIpc) is 3.36. The maximum Gasteiger partial charge on any atom is 0.315 e. The first-order chi connectivity index (χ1) is 12.7. The normalized spacial score (nSPS) is 11.7. The van der Waals surface area contributed by atoms with Crippen LogP contribution in [0.2, 0.25) is 0 Å². The Labute approximate surface area is 155 Å². The number of hydrogen-bond donors (Lipinski definition) is 3. The molecule has 136 valence electrons. The summed E-state index contributed by atoms with van der Waals surface area (Å²) in [5.74, 6) is 1.28. The topological polar surface area (TPSA) is 83.7 Å². The van der Waals surface area contributed by atoms with Crippen molar-refractivity contribution in [2.45, 2.75) is 12.6 Å². The van der Waals surface area contributed by atoms with Gasteiger partial charge in [-0.3, -0.25) is 0 Å². The number of ether oxygens (including phenoxy) is 1. The van der Waals surface area contributed by atoms with E-state index in [-0.39, 0.29) is 6.03 Å². The monoisotopic (exact) mass is 372 g/mol. The molecule has 2 amide bonds. The van der Waals surface area contributed by atoms with Gasteiger partial charge in [-0.15, -0.1) is 11.3 Å². The minimum atomic E-state index is -0.785. The lowest BCUT2D eigenvalue weighted by molar-refractivity contribution is 0.193. The zero-order valence-corrected chi connectivity index (χ0v) is 14.9. The minimum Gasteiger partial charge on any atom is -0.492 e. The highest BCUT2D eigenvalue weighted by molar-refractivity contribution is 7.12. The SMILES string of the molecule is O=C(NCCOc1ccccc1)NCc1ccc(C(O)c2ccco2)s1. The summed E-state index contributed by atoms with van der Waals surface area (Å²) in [6.45, 7) is 1.20. The van der Waals surface area contributed by atoms with Gasteiger partial charge in [0.25, 0.3) is 0 Å². The van der Waals surface area contributed by atoms with E-state index in [4.69, 9.17) is 9.15 Å². The summed E-state index contributed by atoms with van der Waals surface area (Å²) in [7, 11) is 0. The maximum atomic E-state index is 11.8. The van der Waals surface area contributed by atoms with Crippen LogP contribution in [0.4, 0.5) is 4.79 Å². The summed E-state index contributed by atoms with van der Waals surface area (Å²) in [4.78, 5) is 13.5. The van der Waals surface area contributed by atoms with Gasteiger partial charge in [0.1, 0.15) is 24.2 Å². The second-order valence-corrected chi connectivity index (χ2v) is 6.69. The number of para-hydroxylation sites is 1. The van der Waals surface area contributed by atoms with Crippen molar-refractivity contribution in [3.8, 4) is 5.75 Å². The number of carbonyl (C=O) groups is 1. The number of furan rings is 1. The van der Waals surface area contributed by atoms with Gasteiger partial charge >= 0.3 is 6.03 Å². The van der Waals surface area contributed by atoms with Crippen LogP contribution < -0.4 is 15.4 Å². The smallest absolute Gasteiger partial charge is 0.315 e. The van der Waals surface area contributed by atoms with Gasteiger partial charge in [-0.1, -0.05) is 18.2 Å². The molecule has 1 unspecified atom stereocenters. The van der Waals surface area contributed by atoms with Crippen molar-refractivity contribution in [2.24, 2.45) is 0 Å². The van der Waals surface area contributed by atoms with E-state index in [1.165, 1.54) is 17.6 Å². The first-order valence-electron chi connectivity index (χ1n) is 8.22. The molecule has 0 saturated carbocycles. The third-order valence-corrected chi connectivity index (χ3v) is 4.73. The minimum absolute atomic E-state index is 0.261. The van der Waals surface area contributed by atoms with Crippen LogP contribution in [0.5, 0.6) is 5.75 Å². The molecule has 1 aromatic carbocycles. The Morgan fingerprint density at radius 2 is 1.96 bits per heavy atom. The van der Waals surface area contributed by atoms with Crippen molar-refractivity contribution < 1.29 is 19.1 Å². The first kappa shape index (κ1) is 18.0. The molecule has 3 N–H and O–H groups in total. The maximum absolute atomic E-state index is 11.8. The summed E-state index contributed by atoms with van der Waals surface area (Å²) in [5, 5.41) is 15.7. The summed E-state index contributed by atoms with van der Waals surface area (Å²) >= 11 is 1.43. The number of amides is 2. The number of hydrogen-bond acceptors (Lipinski definition) is 5. The number of rotatable bonds is 8. The fourth-order valence-electron chi connectivity index (χ4n) is 2.30. The van der Waals surface area contributed by atoms with Crippen LogP contribution >= 0.6 is 11.3 Å². The molecule has 0 fully saturated rings. The fourth-order valence-corrected chi connectivity index (χ4v) is 3.25. The third kappa shape index (κ3) is 5.11. The molecule has 1 atom stereocenters. The average molecular weight is 372 g/mol. The molecule has 0 aliphatic carbocycles. The van der Waals surface area contributed by atoms with E-state index in [1.54, 1.807) is 12.1 Å². The second kappa shape index (κ2) is 9.07. The zero-order chi connectivity index (χ0) is 18.2. The van der Waals surface area contributed by atoms with E-state index in [0.717, 1.165) is 15.5 Å². The van der Waals surface area contributed by atoms with Gasteiger partial charge in [0.05, 0.1) is 19.4 Å². The number of thiophene rings is 1. The van der Waals surface area contributed by atoms with Crippen LogP contribution in [0.15, 0.2) is 65.3 Å². The van der Waals surface area contributed by atoms with Crippen LogP contribution in [0, 0.1) is 0 Å². The van der Waals surface area contributed by atoms with Crippen molar-refractivity contribution >= 4 is 17.4 Å². The van der Waals surface area contributed by atoms with Crippen LogP contribution in [0.25, 0.3) is 0 Å². The van der Waals surface area contributed by atoms with Gasteiger partial charge in [0.15, 0.2) is 0 Å². The van der Waals surface area contributed by atoms with Gasteiger partial charge in [-0.25, -0.2) is 4.79 Å². The Bertz CT molecular complexity index is 802. The molecule has 6 nitrogen and oxygen atoms in total. The number of aliphatic hydroxyl groups excluding tert-OH is 1. The van der Waals surface area contributed by atoms with Crippen LogP contribution in [-0.2, 0) is 6.54 Å². The Kier molecular flexibility index (Phi) is 6.29. The summed E-state index contributed by atoms with van der Waals surface area (Å²) in [6.07, 6.45) is 0.744. The van der Waals surface area contributed by atoms with Crippen molar-refractivity contribution in [1.82, 2.24) is 10.6 Å². The number of urea groups is 1. The Balaban J connectivity index is 1.37. The van der Waals surface area contributed by atoms with Crippen LogP contribution in [-0.4, -0.2) is 24.3 Å². The van der Waals surface area contributed by atoms with Crippen LogP contribution in [0.1, 0.15) is 21.6 Å². The number of carbonyl (C=O) groups excluding carboxylic acids is 1. The molecule has 26 heavy (non-hydrogen) atoms. The van der Waals surface area contributed by atoms with Crippen molar-refractivity contribution in [1.29, 1.82) is 0 Å². The van der Waals surface area contributed by atoms with Gasteiger partial charge in [0, 0.05) is 9.75 Å². The molecular weight excluding hydrogens is 352 g/mol. The van der Waals surface area contributed by atoms with Gasteiger partial charge < -0.3 is 24.9 Å². The predicted octanol–water partition coefficient (Wildman–Crippen LogP) is 3.30. The fraction of sp³-hybridized carbons (Fsp3) is 0.211. The number of aliphatic hydroxyl groups is 1. The zero-order valence-electron chi connectivity index (χ0n) is 14.1. The molecule has 0 spiro atoms. The van der Waals surface area contributed by atoms with Gasteiger partial charge in [-0.05, 0) is 36.4 Å². The highest BCUT2D eigenvalue weighted by Crippen LogP contribution is 2.28. The molecule has 2 heterocycles. The standard InChI is InChI=1S/C19H20N2O4S/c22-18(16-7-4-11-25-16)17-9-8-15(26-17)13-21-19(23)20-10-12-24-14-5-2-1-3-6-14/h1-9,11,18,22H,10,12-13H2,(H2,20,21,23). The van der Waals surface area contributed by atoms with E-state index in [1.807, 2.05) is 42.5 Å². The molecule has 3 aromatic rings. The summed E-state index contributed by atoms with van der Waals surface area (Å²) in [6, 6.07) is 16.4. The third-order valence-electron chi connectivity index (χ3n) is 3.59. The molecule has 0 aliphatic rings. The van der Waals surface area contributed by atoms with Crippen molar-refractivity contribution in [3.63, 3.8) is 0 Å². The molecule has 0 saturated heterocycles. The Hall–Kier alpha value is -2.77. The van der Waals surface area contributed by atoms with E-state index >= 15 is 0 Å². The molecule has 0 radical (unpaired) electrons. The molecule has 0 bridgehead atoms. The first-order valence-corrected chi connectivity index (χ1v) is 9.03. The van der Waals surface area contributed by atoms with Crippen LogP contribution in [0.3, 0.4) is 0 Å². The summed E-state index contributed by atoms with van der Waals surface area (Å²) in [5.41, 5.74) is 0. The largest absolute Gasteiger partial charge is 0.492 e. The van der Waals surface area contributed by atoms with E-state index in [0.29, 0.717) is 25.5 Å². The molecular formula is C19H20N2O4S. The number of nitrogens with one attached hydrogen (secondary N) is 2. The molecule has 2 aromatic heterocycles. The lowest BCUT2D eigenvalue weighted by Gasteiger charge is -2.08. The lowest BCUT2D eigenvalue weighted by atomic mass is 10.2. The molecule has 7 heteroatoms. The predicted molar refractivity (Wildman–Crippen MR) is 99.3 cm³/mol. The quantitative estimate of drug-likeness (QED) is 0.530. The Morgan fingerprint density at radius 1 is 1.12 bits per heavy atom. The molecule has 0 aliphatic heterocycles. The van der Waals surface area contributed by atoms with E-state index in [9.17, 15) is 9.90 Å². The second-order valence-electron chi connectivity index (χ2n) is 5.49. The van der Waals surface area contributed by atoms with Gasteiger partial charge in [0.2, 0.25) is 0 Å². The van der Waals surface area contributed by atoms with Crippen molar-refractivity contribution in [3.05, 3.63) is 76.4 Å². The summed E-state index contributed by atoms with van der Waals surface area (Å²) < 4.78 is 10.7. The van der Waals surface area contributed by atoms with Crippen molar-refractivity contribution in [2.75, 3.05) is 13.2 Å². The highest BCUT2D eigenvalue weighted by atomic mass is 32.1. The van der Waals surface area contributed by atoms with Gasteiger partial charge in [-0.2, -0.15) is 0 Å². The Morgan fingerprint density at radius 3 is 2.73 bits per heavy atom. The highest BCUT2D eigenvalue weighted by Gasteiger charge is 2.15. The number of benzene rings is 1. The van der Waals surface area contributed by atoms with E-state index in [2.05, 4.69) is 10.6 Å². The lowest BCUT2D eigenvalue weighted by Crippen LogP contribution is -2.37. The molecule has 3 rings (SSSR count). The van der Waals surface area contributed by atoms with E-state index < -0.39 is 6.10 Å².